The van der Waals surface area contributed by atoms with Gasteiger partial charge in [0.25, 0.3) is 0 Å². The zero-order valence-electron chi connectivity index (χ0n) is 8.81. The largest absolute Gasteiger partial charge is 0.390 e. The maximum absolute atomic E-state index is 9.01. The van der Waals surface area contributed by atoms with E-state index in [0.29, 0.717) is 11.5 Å². The Morgan fingerprint density at radius 1 is 1.31 bits per heavy atom. The van der Waals surface area contributed by atoms with Crippen molar-refractivity contribution >= 4 is 15.9 Å². The number of aromatic nitrogens is 2. The minimum absolute atomic E-state index is 0.0669. The van der Waals surface area contributed by atoms with Crippen LogP contribution in [0.5, 0.6) is 0 Å². The second-order valence-electron chi connectivity index (χ2n) is 3.49. The van der Waals surface area contributed by atoms with Crippen molar-refractivity contribution in [1.29, 1.82) is 0 Å². The van der Waals surface area contributed by atoms with E-state index in [4.69, 9.17) is 5.11 Å². The quantitative estimate of drug-likeness (QED) is 0.919. The molecule has 0 amide bonds. The highest BCUT2D eigenvalue weighted by atomic mass is 79.9. The molecule has 2 aromatic rings. The number of nitrogens with zero attached hydrogens (tertiary/aromatic N) is 2. The molecule has 0 saturated carbocycles. The summed E-state index contributed by atoms with van der Waals surface area (Å²) in [4.78, 5) is 8.44. The summed E-state index contributed by atoms with van der Waals surface area (Å²) in [7, 11) is 0. The van der Waals surface area contributed by atoms with Crippen LogP contribution in [0.3, 0.4) is 0 Å². The minimum Gasteiger partial charge on any atom is -0.390 e. The summed E-state index contributed by atoms with van der Waals surface area (Å²) in [5.41, 5.74) is 2.73. The number of aliphatic hydroxyl groups is 1. The Balaban J connectivity index is 2.46. The van der Waals surface area contributed by atoms with Crippen molar-refractivity contribution in [3.63, 3.8) is 0 Å². The molecule has 1 aromatic carbocycles. The molecule has 2 rings (SSSR count). The molecule has 0 bridgehead atoms. The molecule has 82 valence electrons. The highest BCUT2D eigenvalue weighted by molar-refractivity contribution is 9.10. The van der Waals surface area contributed by atoms with Gasteiger partial charge in [0.2, 0.25) is 0 Å². The highest BCUT2D eigenvalue weighted by Gasteiger charge is 2.04. The molecule has 0 aliphatic rings. The molecule has 1 aromatic heterocycles. The first-order valence-corrected chi connectivity index (χ1v) is 5.69. The van der Waals surface area contributed by atoms with E-state index < -0.39 is 0 Å². The molecule has 0 atom stereocenters. The van der Waals surface area contributed by atoms with Crippen LogP contribution in [-0.2, 0) is 6.61 Å². The molecule has 0 spiro atoms. The van der Waals surface area contributed by atoms with Gasteiger partial charge in [-0.1, -0.05) is 28.1 Å². The lowest BCUT2D eigenvalue weighted by molar-refractivity contribution is 0.277. The lowest BCUT2D eigenvalue weighted by Gasteiger charge is -2.04. The molecule has 0 saturated heterocycles. The van der Waals surface area contributed by atoms with Crippen LogP contribution in [0, 0.1) is 6.92 Å². The molecule has 1 heterocycles. The van der Waals surface area contributed by atoms with Crippen molar-refractivity contribution in [2.24, 2.45) is 0 Å². The summed E-state index contributed by atoms with van der Waals surface area (Å²) in [6.07, 6.45) is 1.65. The number of aryl methyl sites for hydroxylation is 1. The fraction of sp³-hybridized carbons (Fsp3) is 0.167. The lowest BCUT2D eigenvalue weighted by atomic mass is 10.1. The van der Waals surface area contributed by atoms with E-state index in [1.807, 2.05) is 25.1 Å². The molecule has 4 heteroatoms. The molecule has 0 fully saturated rings. The third-order valence-electron chi connectivity index (χ3n) is 2.31. The van der Waals surface area contributed by atoms with Gasteiger partial charge in [0.1, 0.15) is 0 Å². The molecule has 0 aliphatic heterocycles. The summed E-state index contributed by atoms with van der Waals surface area (Å²) in [6.45, 7) is 1.96. The van der Waals surface area contributed by atoms with Gasteiger partial charge < -0.3 is 5.11 Å². The maximum Gasteiger partial charge on any atom is 0.159 e. The summed E-state index contributed by atoms with van der Waals surface area (Å²) in [6, 6.07) is 7.66. The third-order valence-corrected chi connectivity index (χ3v) is 3.16. The van der Waals surface area contributed by atoms with Gasteiger partial charge >= 0.3 is 0 Å². The first kappa shape index (κ1) is 11.2. The van der Waals surface area contributed by atoms with Gasteiger partial charge in [-0.25, -0.2) is 9.97 Å². The Morgan fingerprint density at radius 3 is 2.81 bits per heavy atom. The van der Waals surface area contributed by atoms with Crippen LogP contribution in [0.25, 0.3) is 11.4 Å². The van der Waals surface area contributed by atoms with Crippen LogP contribution < -0.4 is 0 Å². The predicted octanol–water partition coefficient (Wildman–Crippen LogP) is 2.71. The van der Waals surface area contributed by atoms with E-state index >= 15 is 0 Å². The molecule has 0 radical (unpaired) electrons. The molecule has 16 heavy (non-hydrogen) atoms. The summed E-state index contributed by atoms with van der Waals surface area (Å²) >= 11 is 3.47. The topological polar surface area (TPSA) is 46.0 Å². The van der Waals surface area contributed by atoms with Crippen LogP contribution >= 0.6 is 15.9 Å². The van der Waals surface area contributed by atoms with Crippen LogP contribution in [-0.4, -0.2) is 15.1 Å². The fourth-order valence-corrected chi connectivity index (χ4v) is 1.73. The third kappa shape index (κ3) is 2.28. The average molecular weight is 279 g/mol. The fourth-order valence-electron chi connectivity index (χ4n) is 1.36. The van der Waals surface area contributed by atoms with E-state index in [1.165, 1.54) is 5.56 Å². The SMILES string of the molecule is Cc1ccc(-c2nccc(CO)n2)cc1Br. The van der Waals surface area contributed by atoms with Gasteiger partial charge in [0.15, 0.2) is 5.82 Å². The van der Waals surface area contributed by atoms with Crippen molar-refractivity contribution in [1.82, 2.24) is 9.97 Å². The average Bonchev–Trinajstić information content (AvgIpc) is 2.33. The van der Waals surface area contributed by atoms with Crippen molar-refractivity contribution < 1.29 is 5.11 Å². The Hall–Kier alpha value is -1.26. The number of aliphatic hydroxyl groups excluding tert-OH is 1. The lowest BCUT2D eigenvalue weighted by Crippen LogP contribution is -1.94. The zero-order valence-corrected chi connectivity index (χ0v) is 10.4. The molecule has 0 aliphatic carbocycles. The number of hydrogen-bond acceptors (Lipinski definition) is 3. The van der Waals surface area contributed by atoms with Crippen LogP contribution in [0.15, 0.2) is 34.9 Å². The van der Waals surface area contributed by atoms with E-state index in [0.717, 1.165) is 10.0 Å². The predicted molar refractivity (Wildman–Crippen MR) is 65.8 cm³/mol. The Bertz CT molecular complexity index is 514. The molecular weight excluding hydrogens is 268 g/mol. The minimum atomic E-state index is -0.0669. The smallest absolute Gasteiger partial charge is 0.159 e. The summed E-state index contributed by atoms with van der Waals surface area (Å²) < 4.78 is 1.03. The van der Waals surface area contributed by atoms with Crippen LogP contribution in [0.4, 0.5) is 0 Å². The Labute approximate surface area is 102 Å². The maximum atomic E-state index is 9.01. The van der Waals surface area contributed by atoms with Crippen molar-refractivity contribution in [3.8, 4) is 11.4 Å². The van der Waals surface area contributed by atoms with Gasteiger partial charge in [-0.2, -0.15) is 0 Å². The van der Waals surface area contributed by atoms with E-state index in [1.54, 1.807) is 12.3 Å². The molecule has 3 nitrogen and oxygen atoms in total. The Morgan fingerprint density at radius 2 is 2.12 bits per heavy atom. The highest BCUT2D eigenvalue weighted by Crippen LogP contribution is 2.23. The Kier molecular flexibility index (Phi) is 3.31. The van der Waals surface area contributed by atoms with Gasteiger partial charge in [0, 0.05) is 16.2 Å². The van der Waals surface area contributed by atoms with E-state index in [-0.39, 0.29) is 6.61 Å². The molecular formula is C12H11BrN2O. The molecule has 1 N–H and O–H groups in total. The van der Waals surface area contributed by atoms with Crippen molar-refractivity contribution in [3.05, 3.63) is 46.2 Å². The van der Waals surface area contributed by atoms with E-state index in [9.17, 15) is 0 Å². The standard InChI is InChI=1S/C12H11BrN2O/c1-8-2-3-9(6-11(8)13)12-14-5-4-10(7-16)15-12/h2-6,16H,7H2,1H3. The van der Waals surface area contributed by atoms with Crippen LogP contribution in [0.1, 0.15) is 11.3 Å². The number of rotatable bonds is 2. The second-order valence-corrected chi connectivity index (χ2v) is 4.35. The van der Waals surface area contributed by atoms with Gasteiger partial charge in [-0.15, -0.1) is 0 Å². The first-order chi connectivity index (χ1) is 7.70. The van der Waals surface area contributed by atoms with Gasteiger partial charge in [-0.05, 0) is 24.6 Å². The monoisotopic (exact) mass is 278 g/mol. The normalized spacial score (nSPS) is 10.4. The number of halogens is 1. The van der Waals surface area contributed by atoms with E-state index in [2.05, 4.69) is 25.9 Å². The first-order valence-electron chi connectivity index (χ1n) is 4.90. The van der Waals surface area contributed by atoms with Gasteiger partial charge in [-0.3, -0.25) is 0 Å². The van der Waals surface area contributed by atoms with Crippen LogP contribution in [0.2, 0.25) is 0 Å². The zero-order chi connectivity index (χ0) is 11.5. The molecule has 0 unspecified atom stereocenters. The number of benzene rings is 1. The van der Waals surface area contributed by atoms with Gasteiger partial charge in [0.05, 0.1) is 12.3 Å². The van der Waals surface area contributed by atoms with Crippen molar-refractivity contribution in [2.45, 2.75) is 13.5 Å². The van der Waals surface area contributed by atoms with Crippen molar-refractivity contribution in [2.75, 3.05) is 0 Å². The second kappa shape index (κ2) is 4.72. The summed E-state index contributed by atoms with van der Waals surface area (Å²) in [5, 5.41) is 9.01. The summed E-state index contributed by atoms with van der Waals surface area (Å²) in [5.74, 6) is 0.632. The number of hydrogen-bond donors (Lipinski definition) is 1.